The fourth-order valence-electron chi connectivity index (χ4n) is 3.18. The Balaban J connectivity index is 0.000000210. The lowest BCUT2D eigenvalue weighted by Gasteiger charge is -1.97. The normalized spacial score (nSPS) is 15.4. The standard InChI is InChI=1S/C18H19N2.C7H8O3S/c1-3-9-16(10-4-1)15-17-11-5-6-12-18(19-17)20-13-7-2-8-14-20;1-6-2-4-7(5-3-6)11(8,9)10/h1-4,7-10,13-15H,5-6,11-12H2;2-5H,1H3,(H,8,9,10)/q+1;/b17-15-;. The van der Waals surface area contributed by atoms with E-state index >= 15 is 0 Å². The fraction of sp³-hybridized carbons (Fsp3) is 0.200. The summed E-state index contributed by atoms with van der Waals surface area (Å²) in [6.07, 6.45) is 10.9. The Morgan fingerprint density at radius 2 is 1.48 bits per heavy atom. The van der Waals surface area contributed by atoms with E-state index in [1.807, 2.05) is 31.2 Å². The first kappa shape index (κ1) is 22.6. The lowest BCUT2D eigenvalue weighted by molar-refractivity contribution is -0.557. The molecule has 0 atom stereocenters. The van der Waals surface area contributed by atoms with Crippen molar-refractivity contribution in [1.29, 1.82) is 0 Å². The van der Waals surface area contributed by atoms with Gasteiger partial charge in [-0.05, 0) is 55.7 Å². The minimum absolute atomic E-state index is 0.0666. The highest BCUT2D eigenvalue weighted by atomic mass is 32.2. The van der Waals surface area contributed by atoms with Gasteiger partial charge in [0.05, 0.1) is 23.7 Å². The topological polar surface area (TPSA) is 70.6 Å². The SMILES string of the molecule is C(=C1\CCCCC([n+]2ccccc2)=N1)/c1ccccc1.Cc1ccc(S(=O)(=O)O)cc1. The second-order valence-electron chi connectivity index (χ2n) is 7.35. The summed E-state index contributed by atoms with van der Waals surface area (Å²) in [5, 5.41) is 0. The van der Waals surface area contributed by atoms with E-state index in [9.17, 15) is 8.42 Å². The van der Waals surface area contributed by atoms with Crippen molar-refractivity contribution < 1.29 is 17.5 Å². The molecule has 1 N–H and O–H groups in total. The van der Waals surface area contributed by atoms with Crippen LogP contribution in [0.2, 0.25) is 0 Å². The van der Waals surface area contributed by atoms with Gasteiger partial charge in [-0.2, -0.15) is 8.42 Å². The minimum atomic E-state index is -4.02. The van der Waals surface area contributed by atoms with Crippen molar-refractivity contribution in [2.45, 2.75) is 37.5 Å². The van der Waals surface area contributed by atoms with E-state index in [2.05, 4.69) is 47.3 Å². The van der Waals surface area contributed by atoms with Crippen LogP contribution in [0.25, 0.3) is 6.08 Å². The van der Waals surface area contributed by atoms with E-state index in [0.717, 1.165) is 24.2 Å². The van der Waals surface area contributed by atoms with Gasteiger partial charge in [-0.1, -0.05) is 59.1 Å². The molecule has 4 rings (SSSR count). The number of hydrogen-bond acceptors (Lipinski definition) is 3. The van der Waals surface area contributed by atoms with Crippen LogP contribution in [0.1, 0.15) is 36.8 Å². The zero-order valence-corrected chi connectivity index (χ0v) is 18.4. The molecule has 0 unspecified atom stereocenters. The smallest absolute Gasteiger partial charge is 0.282 e. The van der Waals surface area contributed by atoms with E-state index in [1.165, 1.54) is 36.2 Å². The second kappa shape index (κ2) is 10.8. The quantitative estimate of drug-likeness (QED) is 0.451. The molecule has 0 radical (unpaired) electrons. The third-order valence-electron chi connectivity index (χ3n) is 4.82. The van der Waals surface area contributed by atoms with Gasteiger partial charge in [-0.15, -0.1) is 0 Å². The van der Waals surface area contributed by atoms with Crippen molar-refractivity contribution in [2.75, 3.05) is 0 Å². The van der Waals surface area contributed by atoms with Gasteiger partial charge in [0.25, 0.3) is 10.1 Å². The first-order chi connectivity index (χ1) is 14.9. The number of nitrogens with zero attached hydrogens (tertiary/aromatic N) is 2. The lowest BCUT2D eigenvalue weighted by Crippen LogP contribution is -2.41. The Bertz CT molecular complexity index is 1140. The van der Waals surface area contributed by atoms with Gasteiger partial charge in [-0.25, -0.2) is 4.57 Å². The Morgan fingerprint density at radius 3 is 2.13 bits per heavy atom. The zero-order valence-electron chi connectivity index (χ0n) is 17.6. The number of aromatic nitrogens is 1. The number of aliphatic imine (C=N–C) groups is 1. The third-order valence-corrected chi connectivity index (χ3v) is 5.69. The van der Waals surface area contributed by atoms with Crippen LogP contribution in [0, 0.1) is 6.92 Å². The molecule has 5 nitrogen and oxygen atoms in total. The van der Waals surface area contributed by atoms with Gasteiger partial charge in [0.15, 0.2) is 5.70 Å². The molecule has 0 spiro atoms. The highest BCUT2D eigenvalue weighted by molar-refractivity contribution is 7.85. The number of benzene rings is 2. The van der Waals surface area contributed by atoms with Crippen LogP contribution in [0.5, 0.6) is 0 Å². The number of rotatable bonds is 2. The Kier molecular flexibility index (Phi) is 7.87. The molecule has 6 heteroatoms. The molecule has 160 valence electrons. The van der Waals surface area contributed by atoms with Crippen LogP contribution < -0.4 is 4.57 Å². The molecule has 2 heterocycles. The molecule has 1 aromatic heterocycles. The van der Waals surface area contributed by atoms with E-state index in [0.29, 0.717) is 0 Å². The summed E-state index contributed by atoms with van der Waals surface area (Å²) < 4.78 is 31.7. The average Bonchev–Trinajstić information content (AvgIpc) is 3.01. The van der Waals surface area contributed by atoms with E-state index in [4.69, 9.17) is 9.55 Å². The van der Waals surface area contributed by atoms with Crippen LogP contribution >= 0.6 is 0 Å². The van der Waals surface area contributed by atoms with Crippen LogP contribution in [0.4, 0.5) is 0 Å². The molecule has 2 aromatic carbocycles. The van der Waals surface area contributed by atoms with Crippen LogP contribution in [0.15, 0.2) is 101 Å². The maximum Gasteiger partial charge on any atom is 0.303 e. The van der Waals surface area contributed by atoms with Crippen molar-refractivity contribution in [1.82, 2.24) is 0 Å². The predicted molar refractivity (Wildman–Crippen MR) is 123 cm³/mol. The average molecular weight is 436 g/mol. The molecule has 1 aliphatic heterocycles. The van der Waals surface area contributed by atoms with Gasteiger partial charge < -0.3 is 0 Å². The Labute approximate surface area is 184 Å². The third kappa shape index (κ3) is 7.27. The van der Waals surface area contributed by atoms with Gasteiger partial charge in [0, 0.05) is 6.42 Å². The molecule has 3 aromatic rings. The Hall–Kier alpha value is -3.09. The molecule has 0 saturated carbocycles. The first-order valence-electron chi connectivity index (χ1n) is 10.3. The second-order valence-corrected chi connectivity index (χ2v) is 8.77. The highest BCUT2D eigenvalue weighted by Gasteiger charge is 2.17. The van der Waals surface area contributed by atoms with Crippen molar-refractivity contribution in [3.8, 4) is 0 Å². The number of pyridine rings is 1. The van der Waals surface area contributed by atoms with Crippen molar-refractivity contribution >= 4 is 22.0 Å². The van der Waals surface area contributed by atoms with Crippen LogP contribution in [-0.2, 0) is 10.1 Å². The molecule has 1 aliphatic rings. The maximum absolute atomic E-state index is 10.5. The summed E-state index contributed by atoms with van der Waals surface area (Å²) in [4.78, 5) is 4.82. The van der Waals surface area contributed by atoms with E-state index in [-0.39, 0.29) is 4.90 Å². The summed E-state index contributed by atoms with van der Waals surface area (Å²) in [5.41, 5.74) is 3.36. The first-order valence-corrected chi connectivity index (χ1v) is 11.7. The molecular weight excluding hydrogens is 408 g/mol. The lowest BCUT2D eigenvalue weighted by atomic mass is 10.1. The maximum atomic E-state index is 10.5. The zero-order chi connectivity index (χ0) is 22.1. The van der Waals surface area contributed by atoms with Crippen molar-refractivity contribution in [3.05, 3.63) is 102 Å². The van der Waals surface area contributed by atoms with E-state index in [1.54, 1.807) is 12.1 Å². The van der Waals surface area contributed by atoms with Gasteiger partial charge >= 0.3 is 5.84 Å². The number of allylic oxidation sites excluding steroid dienone is 1. The van der Waals surface area contributed by atoms with Crippen molar-refractivity contribution in [2.24, 2.45) is 4.99 Å². The van der Waals surface area contributed by atoms with Gasteiger partial charge in [0.2, 0.25) is 0 Å². The molecule has 31 heavy (non-hydrogen) atoms. The number of hydrogen-bond donors (Lipinski definition) is 1. The van der Waals surface area contributed by atoms with Gasteiger partial charge in [-0.3, -0.25) is 4.55 Å². The molecular formula is C25H27N2O3S+. The van der Waals surface area contributed by atoms with Crippen LogP contribution in [-0.4, -0.2) is 18.8 Å². The molecule has 0 aliphatic carbocycles. The summed E-state index contributed by atoms with van der Waals surface area (Å²) in [6.45, 7) is 1.84. The largest absolute Gasteiger partial charge is 0.303 e. The summed E-state index contributed by atoms with van der Waals surface area (Å²) in [6, 6.07) is 22.6. The highest BCUT2D eigenvalue weighted by Crippen LogP contribution is 2.19. The minimum Gasteiger partial charge on any atom is -0.282 e. The monoisotopic (exact) mass is 435 g/mol. The molecule has 0 fully saturated rings. The van der Waals surface area contributed by atoms with E-state index < -0.39 is 10.1 Å². The predicted octanol–water partition coefficient (Wildman–Crippen LogP) is 5.08. The summed E-state index contributed by atoms with van der Waals surface area (Å²) in [5.74, 6) is 1.14. The van der Waals surface area contributed by atoms with Crippen LogP contribution in [0.3, 0.4) is 0 Å². The summed E-state index contributed by atoms with van der Waals surface area (Å²) in [7, 11) is -4.02. The molecule has 0 saturated heterocycles. The van der Waals surface area contributed by atoms with Gasteiger partial charge in [0.1, 0.15) is 0 Å². The number of aryl methyl sites for hydroxylation is 1. The Morgan fingerprint density at radius 1 is 0.871 bits per heavy atom. The fourth-order valence-corrected chi connectivity index (χ4v) is 3.66. The van der Waals surface area contributed by atoms with Crippen molar-refractivity contribution in [3.63, 3.8) is 0 Å². The summed E-state index contributed by atoms with van der Waals surface area (Å²) >= 11 is 0. The molecule has 0 amide bonds. The molecule has 0 bridgehead atoms.